The molecule has 1 amide bonds. The van der Waals surface area contributed by atoms with Crippen LogP contribution in [0.1, 0.15) is 30.1 Å². The smallest absolute Gasteiger partial charge is 0.270 e. The van der Waals surface area contributed by atoms with Gasteiger partial charge in [0, 0.05) is 12.1 Å². The van der Waals surface area contributed by atoms with E-state index in [1.54, 1.807) is 18.2 Å². The highest BCUT2D eigenvalue weighted by Crippen LogP contribution is 2.27. The Morgan fingerprint density at radius 3 is 2.71 bits per heavy atom. The lowest BCUT2D eigenvalue weighted by Crippen LogP contribution is -2.13. The van der Waals surface area contributed by atoms with Crippen molar-refractivity contribution in [1.29, 1.82) is 0 Å². The van der Waals surface area contributed by atoms with Gasteiger partial charge in [-0.2, -0.15) is 0 Å². The van der Waals surface area contributed by atoms with E-state index in [2.05, 4.69) is 12.2 Å². The molecule has 0 radical (unpaired) electrons. The number of hydrogen-bond acceptors (Lipinski definition) is 4. The van der Waals surface area contributed by atoms with Crippen molar-refractivity contribution in [2.45, 2.75) is 19.8 Å². The fourth-order valence-electron chi connectivity index (χ4n) is 2.01. The molecule has 2 aromatic rings. The van der Waals surface area contributed by atoms with Crippen LogP contribution in [0.5, 0.6) is 5.75 Å². The Morgan fingerprint density at radius 1 is 1.29 bits per heavy atom. The lowest BCUT2D eigenvalue weighted by Gasteiger charge is -2.12. The predicted octanol–water partition coefficient (Wildman–Crippen LogP) is 4.68. The Morgan fingerprint density at radius 2 is 2.04 bits per heavy atom. The molecular formula is C17H17ClN2O4. The van der Waals surface area contributed by atoms with E-state index in [0.717, 1.165) is 18.9 Å². The number of nitro benzene ring substituents is 1. The number of nitrogens with one attached hydrogen (secondary N) is 1. The molecule has 6 nitrogen and oxygen atoms in total. The van der Waals surface area contributed by atoms with Gasteiger partial charge in [-0.05, 0) is 24.6 Å². The summed E-state index contributed by atoms with van der Waals surface area (Å²) in [5.41, 5.74) is 0.512. The van der Waals surface area contributed by atoms with E-state index in [9.17, 15) is 14.9 Å². The van der Waals surface area contributed by atoms with E-state index in [4.69, 9.17) is 16.3 Å². The molecule has 0 saturated heterocycles. The molecule has 0 aliphatic carbocycles. The second-order valence-electron chi connectivity index (χ2n) is 5.07. The fourth-order valence-corrected chi connectivity index (χ4v) is 2.27. The number of nitrogens with zero attached hydrogens (tertiary/aromatic N) is 1. The summed E-state index contributed by atoms with van der Waals surface area (Å²) in [6.45, 7) is 2.62. The number of non-ortho nitro benzene ring substituents is 1. The minimum Gasteiger partial charge on any atom is -0.491 e. The van der Waals surface area contributed by atoms with Gasteiger partial charge in [-0.15, -0.1) is 0 Å². The van der Waals surface area contributed by atoms with Crippen molar-refractivity contribution in [1.82, 2.24) is 0 Å². The Balaban J connectivity index is 2.16. The maximum Gasteiger partial charge on any atom is 0.270 e. The average Bonchev–Trinajstić information content (AvgIpc) is 2.56. The highest BCUT2D eigenvalue weighted by molar-refractivity contribution is 6.34. The number of anilines is 1. The standard InChI is InChI=1S/C17H17ClN2O4/c1-2-3-10-24-16-7-5-4-6-15(16)19-17(21)13-9-8-12(20(22)23)11-14(13)18/h4-9,11H,2-3,10H2,1H3,(H,19,21). The van der Waals surface area contributed by atoms with Crippen molar-refractivity contribution in [3.8, 4) is 5.75 Å². The summed E-state index contributed by atoms with van der Waals surface area (Å²) in [6.07, 6.45) is 1.92. The number of benzene rings is 2. The van der Waals surface area contributed by atoms with Crippen molar-refractivity contribution in [2.24, 2.45) is 0 Å². The van der Waals surface area contributed by atoms with Crippen LogP contribution in [0.4, 0.5) is 11.4 Å². The van der Waals surface area contributed by atoms with E-state index in [-0.39, 0.29) is 16.3 Å². The average molecular weight is 349 g/mol. The molecule has 126 valence electrons. The molecule has 24 heavy (non-hydrogen) atoms. The molecule has 7 heteroatoms. The quantitative estimate of drug-likeness (QED) is 0.447. The van der Waals surface area contributed by atoms with Gasteiger partial charge in [-0.25, -0.2) is 0 Å². The first-order valence-electron chi connectivity index (χ1n) is 7.50. The molecule has 0 saturated carbocycles. The Labute approximate surface area is 144 Å². The number of halogens is 1. The third kappa shape index (κ3) is 4.45. The molecule has 0 unspecified atom stereocenters. The monoisotopic (exact) mass is 348 g/mol. The number of nitro groups is 1. The SMILES string of the molecule is CCCCOc1ccccc1NC(=O)c1ccc([N+](=O)[O-])cc1Cl. The fraction of sp³-hybridized carbons (Fsp3) is 0.235. The normalized spacial score (nSPS) is 10.2. The van der Waals surface area contributed by atoms with E-state index in [1.807, 2.05) is 6.07 Å². The van der Waals surface area contributed by atoms with Gasteiger partial charge in [0.25, 0.3) is 11.6 Å². The predicted molar refractivity (Wildman–Crippen MR) is 92.9 cm³/mol. The van der Waals surface area contributed by atoms with Crippen LogP contribution in [0.3, 0.4) is 0 Å². The van der Waals surface area contributed by atoms with Crippen LogP contribution in [0.2, 0.25) is 5.02 Å². The summed E-state index contributed by atoms with van der Waals surface area (Å²) in [6, 6.07) is 10.8. The summed E-state index contributed by atoms with van der Waals surface area (Å²) < 4.78 is 5.66. The first-order chi connectivity index (χ1) is 11.5. The molecule has 1 N–H and O–H groups in total. The Kier molecular flexibility index (Phi) is 6.14. The third-order valence-electron chi connectivity index (χ3n) is 3.30. The zero-order valence-corrected chi connectivity index (χ0v) is 13.9. The zero-order valence-electron chi connectivity index (χ0n) is 13.1. The lowest BCUT2D eigenvalue weighted by atomic mass is 10.2. The van der Waals surface area contributed by atoms with Crippen LogP contribution in [-0.4, -0.2) is 17.4 Å². The molecule has 0 atom stereocenters. The van der Waals surface area contributed by atoms with Crippen molar-refractivity contribution >= 4 is 28.9 Å². The molecule has 2 aromatic carbocycles. The van der Waals surface area contributed by atoms with Crippen molar-refractivity contribution < 1.29 is 14.5 Å². The number of carbonyl (C=O) groups is 1. The van der Waals surface area contributed by atoms with Gasteiger partial charge < -0.3 is 10.1 Å². The number of hydrogen-bond donors (Lipinski definition) is 1. The minimum absolute atomic E-state index is 0.0195. The van der Waals surface area contributed by atoms with Crippen LogP contribution in [0, 0.1) is 10.1 Å². The Hall–Kier alpha value is -2.60. The van der Waals surface area contributed by atoms with Gasteiger partial charge in [0.1, 0.15) is 5.75 Å². The molecular weight excluding hydrogens is 332 g/mol. The van der Waals surface area contributed by atoms with E-state index in [1.165, 1.54) is 12.1 Å². The molecule has 0 aliphatic heterocycles. The molecule has 0 aromatic heterocycles. The van der Waals surface area contributed by atoms with E-state index >= 15 is 0 Å². The lowest BCUT2D eigenvalue weighted by molar-refractivity contribution is -0.384. The molecule has 0 fully saturated rings. The maximum absolute atomic E-state index is 12.4. The summed E-state index contributed by atoms with van der Waals surface area (Å²) in [4.78, 5) is 22.5. The number of amides is 1. The zero-order chi connectivity index (χ0) is 17.5. The van der Waals surface area contributed by atoms with Crippen molar-refractivity contribution in [2.75, 3.05) is 11.9 Å². The molecule has 0 heterocycles. The van der Waals surface area contributed by atoms with Crippen LogP contribution in [-0.2, 0) is 0 Å². The Bertz CT molecular complexity index is 749. The molecule has 0 spiro atoms. The molecule has 0 bridgehead atoms. The maximum atomic E-state index is 12.4. The summed E-state index contributed by atoms with van der Waals surface area (Å²) in [7, 11) is 0. The van der Waals surface area contributed by atoms with Crippen molar-refractivity contribution in [3.05, 3.63) is 63.2 Å². The highest BCUT2D eigenvalue weighted by Gasteiger charge is 2.16. The third-order valence-corrected chi connectivity index (χ3v) is 3.61. The summed E-state index contributed by atoms with van der Waals surface area (Å²) >= 11 is 5.98. The van der Waals surface area contributed by atoms with Gasteiger partial charge in [0.15, 0.2) is 0 Å². The van der Waals surface area contributed by atoms with Crippen LogP contribution in [0.15, 0.2) is 42.5 Å². The molecule has 0 aliphatic rings. The van der Waals surface area contributed by atoms with E-state index in [0.29, 0.717) is 18.0 Å². The number of rotatable bonds is 7. The van der Waals surface area contributed by atoms with Crippen LogP contribution < -0.4 is 10.1 Å². The van der Waals surface area contributed by atoms with Crippen LogP contribution >= 0.6 is 11.6 Å². The van der Waals surface area contributed by atoms with Gasteiger partial charge in [-0.1, -0.05) is 37.1 Å². The second-order valence-corrected chi connectivity index (χ2v) is 5.48. The first kappa shape index (κ1) is 17.7. The van der Waals surface area contributed by atoms with E-state index < -0.39 is 10.8 Å². The minimum atomic E-state index is -0.565. The summed E-state index contributed by atoms with van der Waals surface area (Å²) in [5, 5.41) is 13.5. The number of para-hydroxylation sites is 2. The van der Waals surface area contributed by atoms with Gasteiger partial charge in [0.05, 0.1) is 27.8 Å². The number of ether oxygens (including phenoxy) is 1. The van der Waals surface area contributed by atoms with Crippen molar-refractivity contribution in [3.63, 3.8) is 0 Å². The largest absolute Gasteiger partial charge is 0.491 e. The van der Waals surface area contributed by atoms with Gasteiger partial charge in [0.2, 0.25) is 0 Å². The topological polar surface area (TPSA) is 81.5 Å². The first-order valence-corrected chi connectivity index (χ1v) is 7.88. The second kappa shape index (κ2) is 8.31. The van der Waals surface area contributed by atoms with Crippen LogP contribution in [0.25, 0.3) is 0 Å². The summed E-state index contributed by atoms with van der Waals surface area (Å²) in [5.74, 6) is 0.110. The number of carbonyl (C=O) groups excluding carboxylic acids is 1. The van der Waals surface area contributed by atoms with Gasteiger partial charge in [-0.3, -0.25) is 14.9 Å². The number of unbranched alkanes of at least 4 members (excludes halogenated alkanes) is 1. The highest BCUT2D eigenvalue weighted by atomic mass is 35.5. The molecule has 2 rings (SSSR count). The van der Waals surface area contributed by atoms with Gasteiger partial charge >= 0.3 is 0 Å².